The van der Waals surface area contributed by atoms with E-state index in [4.69, 9.17) is 0 Å². The van der Waals surface area contributed by atoms with Gasteiger partial charge in [0.25, 0.3) is 0 Å². The standard InChI is InChI=1S/C10H19NS/c1-5-6-10(9(2,3)4)11-7-8-12-10/h5,11H,1,6-8H2,2-4H3. The SMILES string of the molecule is C=CCC1(C(C)(C)C)NCCS1. The van der Waals surface area contributed by atoms with Gasteiger partial charge in [0.2, 0.25) is 0 Å². The molecule has 0 aromatic heterocycles. The molecule has 0 aliphatic carbocycles. The molecule has 1 fully saturated rings. The Labute approximate surface area is 80.0 Å². The van der Waals surface area contributed by atoms with E-state index in [0.29, 0.717) is 5.41 Å². The first-order valence-electron chi connectivity index (χ1n) is 4.52. The minimum atomic E-state index is 0.231. The zero-order valence-electron chi connectivity index (χ0n) is 8.31. The fraction of sp³-hybridized carbons (Fsp3) is 0.800. The van der Waals surface area contributed by atoms with Crippen LogP contribution in [0.3, 0.4) is 0 Å². The highest BCUT2D eigenvalue weighted by Gasteiger charge is 2.43. The molecule has 1 unspecified atom stereocenters. The molecule has 12 heavy (non-hydrogen) atoms. The van der Waals surface area contributed by atoms with Crippen LogP contribution in [0.1, 0.15) is 27.2 Å². The minimum absolute atomic E-state index is 0.231. The van der Waals surface area contributed by atoms with Crippen molar-refractivity contribution in [3.63, 3.8) is 0 Å². The highest BCUT2D eigenvalue weighted by atomic mass is 32.2. The van der Waals surface area contributed by atoms with Crippen molar-refractivity contribution < 1.29 is 0 Å². The maximum Gasteiger partial charge on any atom is 0.0729 e. The fourth-order valence-electron chi connectivity index (χ4n) is 1.65. The van der Waals surface area contributed by atoms with Crippen LogP contribution in [-0.4, -0.2) is 17.2 Å². The summed E-state index contributed by atoms with van der Waals surface area (Å²) in [6.07, 6.45) is 3.08. The second kappa shape index (κ2) is 3.43. The lowest BCUT2D eigenvalue weighted by molar-refractivity contribution is 0.248. The van der Waals surface area contributed by atoms with E-state index < -0.39 is 0 Å². The van der Waals surface area contributed by atoms with E-state index in [0.717, 1.165) is 13.0 Å². The van der Waals surface area contributed by atoms with E-state index in [9.17, 15) is 0 Å². The van der Waals surface area contributed by atoms with Crippen molar-refractivity contribution in [2.45, 2.75) is 32.1 Å². The topological polar surface area (TPSA) is 12.0 Å². The second-order valence-electron chi connectivity index (χ2n) is 4.35. The number of hydrogen-bond acceptors (Lipinski definition) is 2. The van der Waals surface area contributed by atoms with Gasteiger partial charge in [0.15, 0.2) is 0 Å². The molecular formula is C10H19NS. The lowest BCUT2D eigenvalue weighted by Gasteiger charge is -2.40. The molecule has 0 radical (unpaired) electrons. The van der Waals surface area contributed by atoms with E-state index in [2.05, 4.69) is 32.7 Å². The second-order valence-corrected chi connectivity index (χ2v) is 5.74. The van der Waals surface area contributed by atoms with Gasteiger partial charge in [0.1, 0.15) is 0 Å². The van der Waals surface area contributed by atoms with Crippen LogP contribution in [0, 0.1) is 5.41 Å². The Kier molecular flexibility index (Phi) is 2.89. The number of nitrogens with one attached hydrogen (secondary N) is 1. The van der Waals surface area contributed by atoms with Crippen molar-refractivity contribution in [2.75, 3.05) is 12.3 Å². The molecule has 1 saturated heterocycles. The average Bonchev–Trinajstić information content (AvgIpc) is 2.36. The Balaban J connectivity index is 2.78. The highest BCUT2D eigenvalue weighted by Crippen LogP contribution is 2.45. The van der Waals surface area contributed by atoms with Crippen molar-refractivity contribution >= 4 is 11.8 Å². The summed E-state index contributed by atoms with van der Waals surface area (Å²) in [5, 5.41) is 3.60. The maximum absolute atomic E-state index is 3.83. The quantitative estimate of drug-likeness (QED) is 0.664. The molecular weight excluding hydrogens is 166 g/mol. The molecule has 0 bridgehead atoms. The third-order valence-electron chi connectivity index (χ3n) is 2.50. The third kappa shape index (κ3) is 1.69. The molecule has 1 nitrogen and oxygen atoms in total. The van der Waals surface area contributed by atoms with Crippen LogP contribution in [-0.2, 0) is 0 Å². The van der Waals surface area contributed by atoms with Crippen molar-refractivity contribution in [1.82, 2.24) is 5.32 Å². The molecule has 1 heterocycles. The number of thioether (sulfide) groups is 1. The molecule has 0 spiro atoms. The summed E-state index contributed by atoms with van der Waals surface area (Å²) in [7, 11) is 0. The number of hydrogen-bond donors (Lipinski definition) is 1. The Morgan fingerprint density at radius 3 is 2.58 bits per heavy atom. The summed E-state index contributed by atoms with van der Waals surface area (Å²) in [6, 6.07) is 0. The van der Waals surface area contributed by atoms with Gasteiger partial charge in [0.05, 0.1) is 4.87 Å². The van der Waals surface area contributed by atoms with Crippen LogP contribution < -0.4 is 5.32 Å². The van der Waals surface area contributed by atoms with Crippen molar-refractivity contribution in [1.29, 1.82) is 0 Å². The smallest absolute Gasteiger partial charge is 0.0729 e. The van der Waals surface area contributed by atoms with Crippen LogP contribution in [0.5, 0.6) is 0 Å². The first kappa shape index (κ1) is 10.1. The van der Waals surface area contributed by atoms with Crippen molar-refractivity contribution in [3.05, 3.63) is 12.7 Å². The van der Waals surface area contributed by atoms with Gasteiger partial charge < -0.3 is 5.32 Å². The summed E-state index contributed by atoms with van der Waals surface area (Å²) in [5.41, 5.74) is 0.308. The molecule has 1 rings (SSSR count). The molecule has 0 aromatic carbocycles. The van der Waals surface area contributed by atoms with E-state index in [-0.39, 0.29) is 4.87 Å². The normalized spacial score (nSPS) is 30.6. The molecule has 1 aliphatic heterocycles. The molecule has 1 N–H and O–H groups in total. The minimum Gasteiger partial charge on any atom is -0.301 e. The Bertz CT molecular complexity index is 163. The van der Waals surface area contributed by atoms with Crippen LogP contribution in [0.15, 0.2) is 12.7 Å². The van der Waals surface area contributed by atoms with Gasteiger partial charge in [0, 0.05) is 12.3 Å². The predicted molar refractivity (Wildman–Crippen MR) is 57.5 cm³/mol. The third-order valence-corrected chi connectivity index (χ3v) is 4.33. The molecule has 70 valence electrons. The maximum atomic E-state index is 3.83. The van der Waals surface area contributed by atoms with Gasteiger partial charge in [-0.25, -0.2) is 0 Å². The summed E-state index contributed by atoms with van der Waals surface area (Å²) in [6.45, 7) is 11.8. The van der Waals surface area contributed by atoms with E-state index in [1.807, 2.05) is 17.8 Å². The first-order chi connectivity index (χ1) is 5.52. The molecule has 1 aliphatic rings. The van der Waals surface area contributed by atoms with Crippen LogP contribution >= 0.6 is 11.8 Å². The largest absolute Gasteiger partial charge is 0.301 e. The van der Waals surface area contributed by atoms with E-state index in [1.165, 1.54) is 5.75 Å². The molecule has 0 saturated carbocycles. The Morgan fingerprint density at radius 1 is 1.58 bits per heavy atom. The summed E-state index contributed by atoms with van der Waals surface area (Å²) in [5.74, 6) is 1.23. The molecule has 1 atom stereocenters. The average molecular weight is 185 g/mol. The van der Waals surface area contributed by atoms with Gasteiger partial charge in [-0.3, -0.25) is 0 Å². The van der Waals surface area contributed by atoms with Gasteiger partial charge >= 0.3 is 0 Å². The highest BCUT2D eigenvalue weighted by molar-refractivity contribution is 8.00. The van der Waals surface area contributed by atoms with E-state index in [1.54, 1.807) is 0 Å². The van der Waals surface area contributed by atoms with Crippen LogP contribution in [0.2, 0.25) is 0 Å². The Morgan fingerprint density at radius 2 is 2.25 bits per heavy atom. The van der Waals surface area contributed by atoms with Gasteiger partial charge in [-0.05, 0) is 11.8 Å². The fourth-order valence-corrected chi connectivity index (χ4v) is 3.08. The van der Waals surface area contributed by atoms with Gasteiger partial charge in [-0.1, -0.05) is 26.8 Å². The molecule has 0 aromatic rings. The van der Waals surface area contributed by atoms with Crippen molar-refractivity contribution in [3.8, 4) is 0 Å². The summed E-state index contributed by atoms with van der Waals surface area (Å²) >= 11 is 2.04. The van der Waals surface area contributed by atoms with Crippen molar-refractivity contribution in [2.24, 2.45) is 5.41 Å². The summed E-state index contributed by atoms with van der Waals surface area (Å²) in [4.78, 5) is 0.231. The lowest BCUT2D eigenvalue weighted by Crippen LogP contribution is -2.48. The van der Waals surface area contributed by atoms with E-state index >= 15 is 0 Å². The Hall–Kier alpha value is 0.0500. The van der Waals surface area contributed by atoms with Gasteiger partial charge in [-0.15, -0.1) is 18.3 Å². The van der Waals surface area contributed by atoms with Gasteiger partial charge in [-0.2, -0.15) is 0 Å². The predicted octanol–water partition coefficient (Wildman–Crippen LogP) is 2.64. The number of rotatable bonds is 2. The monoisotopic (exact) mass is 185 g/mol. The molecule has 2 heteroatoms. The summed E-state index contributed by atoms with van der Waals surface area (Å²) < 4.78 is 0. The molecule has 0 amide bonds. The van der Waals surface area contributed by atoms with Crippen LogP contribution in [0.4, 0.5) is 0 Å². The zero-order valence-corrected chi connectivity index (χ0v) is 9.13. The first-order valence-corrected chi connectivity index (χ1v) is 5.50. The zero-order chi connectivity index (χ0) is 9.24. The lowest BCUT2D eigenvalue weighted by atomic mass is 9.84. The van der Waals surface area contributed by atoms with Crippen LogP contribution in [0.25, 0.3) is 0 Å².